The zero-order chi connectivity index (χ0) is 23.4. The predicted octanol–water partition coefficient (Wildman–Crippen LogP) is 4.92. The minimum atomic E-state index is -0.246. The van der Waals surface area contributed by atoms with Gasteiger partial charge in [0, 0.05) is 35.0 Å². The van der Waals surface area contributed by atoms with E-state index >= 15 is 0 Å². The number of carbonyl (C=O) groups is 1. The van der Waals surface area contributed by atoms with Gasteiger partial charge >= 0.3 is 0 Å². The summed E-state index contributed by atoms with van der Waals surface area (Å²) in [7, 11) is 0. The van der Waals surface area contributed by atoms with Crippen LogP contribution in [-0.2, 0) is 10.2 Å². The van der Waals surface area contributed by atoms with Gasteiger partial charge in [0.15, 0.2) is 11.5 Å². The number of rotatable bonds is 6. The van der Waals surface area contributed by atoms with E-state index in [1.54, 1.807) is 6.07 Å². The Labute approximate surface area is 202 Å². The molecule has 1 saturated heterocycles. The quantitative estimate of drug-likeness (QED) is 0.549. The SMILES string of the molecule is N#Cc1ccccc1Sc1ccccc1C(=O)NCC1(c2ccc3c(c2)OCO3)CCOCC1. The van der Waals surface area contributed by atoms with E-state index in [-0.39, 0.29) is 18.1 Å². The minimum absolute atomic E-state index is 0.135. The second kappa shape index (κ2) is 9.80. The summed E-state index contributed by atoms with van der Waals surface area (Å²) in [4.78, 5) is 15.0. The fraction of sp³-hybridized carbons (Fsp3) is 0.259. The van der Waals surface area contributed by atoms with Crippen molar-refractivity contribution in [3.8, 4) is 17.6 Å². The molecule has 0 aliphatic carbocycles. The summed E-state index contributed by atoms with van der Waals surface area (Å²) in [5, 5.41) is 12.6. The third-order valence-electron chi connectivity index (χ3n) is 6.38. The Morgan fingerprint density at radius 2 is 1.71 bits per heavy atom. The average Bonchev–Trinajstić information content (AvgIpc) is 3.37. The fourth-order valence-electron chi connectivity index (χ4n) is 4.41. The first-order chi connectivity index (χ1) is 16.7. The summed E-state index contributed by atoms with van der Waals surface area (Å²) in [6, 6.07) is 23.2. The minimum Gasteiger partial charge on any atom is -0.454 e. The second-order valence-electron chi connectivity index (χ2n) is 8.35. The number of carbonyl (C=O) groups excluding carboxylic acids is 1. The number of ether oxygens (including phenoxy) is 3. The van der Waals surface area contributed by atoms with E-state index in [4.69, 9.17) is 14.2 Å². The Hall–Kier alpha value is -3.47. The number of hydrogen-bond donors (Lipinski definition) is 1. The van der Waals surface area contributed by atoms with Gasteiger partial charge in [-0.05, 0) is 54.8 Å². The van der Waals surface area contributed by atoms with Crippen LogP contribution in [0.25, 0.3) is 0 Å². The molecule has 172 valence electrons. The average molecular weight is 473 g/mol. The zero-order valence-corrected chi connectivity index (χ0v) is 19.4. The maximum Gasteiger partial charge on any atom is 0.252 e. The summed E-state index contributed by atoms with van der Waals surface area (Å²) in [5.41, 5.74) is 2.05. The largest absolute Gasteiger partial charge is 0.454 e. The molecule has 34 heavy (non-hydrogen) atoms. The van der Waals surface area contributed by atoms with Crippen LogP contribution in [-0.4, -0.2) is 32.5 Å². The standard InChI is InChI=1S/C27H24N2O4S/c28-16-19-5-1-3-7-24(19)34-25-8-4-2-6-21(25)26(30)29-17-27(11-13-31-14-12-27)20-9-10-22-23(15-20)33-18-32-22/h1-10,15H,11-14,17-18H2,(H,29,30). The van der Waals surface area contributed by atoms with E-state index in [0.717, 1.165) is 39.7 Å². The maximum atomic E-state index is 13.3. The molecule has 0 bridgehead atoms. The molecule has 0 atom stereocenters. The van der Waals surface area contributed by atoms with Crippen molar-refractivity contribution in [2.45, 2.75) is 28.0 Å². The van der Waals surface area contributed by atoms with Gasteiger partial charge in [-0.3, -0.25) is 4.79 Å². The molecule has 0 saturated carbocycles. The number of nitriles is 1. The summed E-state index contributed by atoms with van der Waals surface area (Å²) in [5.74, 6) is 1.36. The van der Waals surface area contributed by atoms with Crippen molar-refractivity contribution in [2.24, 2.45) is 0 Å². The summed E-state index contributed by atoms with van der Waals surface area (Å²) in [6.07, 6.45) is 1.61. The first kappa shape index (κ1) is 22.3. The van der Waals surface area contributed by atoms with E-state index in [1.165, 1.54) is 11.8 Å². The van der Waals surface area contributed by atoms with Crippen molar-refractivity contribution in [3.05, 3.63) is 83.4 Å². The lowest BCUT2D eigenvalue weighted by atomic mass is 9.74. The van der Waals surface area contributed by atoms with E-state index in [2.05, 4.69) is 17.5 Å². The Kier molecular flexibility index (Phi) is 6.43. The van der Waals surface area contributed by atoms with Crippen LogP contribution in [0.1, 0.15) is 34.3 Å². The van der Waals surface area contributed by atoms with Crippen LogP contribution in [0, 0.1) is 11.3 Å². The van der Waals surface area contributed by atoms with E-state index in [9.17, 15) is 10.1 Å². The van der Waals surface area contributed by atoms with Crippen LogP contribution in [0.15, 0.2) is 76.5 Å². The van der Waals surface area contributed by atoms with Crippen LogP contribution in [0.3, 0.4) is 0 Å². The van der Waals surface area contributed by atoms with Crippen LogP contribution < -0.4 is 14.8 Å². The first-order valence-electron chi connectivity index (χ1n) is 11.2. The molecule has 1 amide bonds. The van der Waals surface area contributed by atoms with Gasteiger partial charge in [-0.1, -0.05) is 42.1 Å². The molecule has 3 aromatic rings. The molecular weight excluding hydrogens is 448 g/mol. The summed E-state index contributed by atoms with van der Waals surface area (Å²) >= 11 is 1.43. The van der Waals surface area contributed by atoms with Crippen molar-refractivity contribution >= 4 is 17.7 Å². The highest BCUT2D eigenvalue weighted by Crippen LogP contribution is 2.41. The van der Waals surface area contributed by atoms with Gasteiger partial charge in [0.05, 0.1) is 11.1 Å². The molecule has 2 aliphatic heterocycles. The molecular formula is C27H24N2O4S. The Morgan fingerprint density at radius 1 is 0.971 bits per heavy atom. The highest BCUT2D eigenvalue weighted by atomic mass is 32.2. The van der Waals surface area contributed by atoms with Crippen LogP contribution in [0.4, 0.5) is 0 Å². The molecule has 6 nitrogen and oxygen atoms in total. The third-order valence-corrected chi connectivity index (χ3v) is 7.53. The number of nitrogens with zero attached hydrogens (tertiary/aromatic N) is 1. The lowest BCUT2D eigenvalue weighted by Crippen LogP contribution is -2.44. The molecule has 1 N–H and O–H groups in total. The van der Waals surface area contributed by atoms with Gasteiger partial charge in [0.2, 0.25) is 6.79 Å². The number of nitrogens with one attached hydrogen (secondary N) is 1. The van der Waals surface area contributed by atoms with E-state index in [0.29, 0.717) is 30.9 Å². The van der Waals surface area contributed by atoms with Crippen molar-refractivity contribution in [3.63, 3.8) is 0 Å². The van der Waals surface area contributed by atoms with Gasteiger partial charge in [-0.25, -0.2) is 0 Å². The molecule has 0 spiro atoms. The van der Waals surface area contributed by atoms with Gasteiger partial charge in [0.25, 0.3) is 5.91 Å². The first-order valence-corrected chi connectivity index (χ1v) is 12.0. The molecule has 3 aromatic carbocycles. The van der Waals surface area contributed by atoms with Crippen molar-refractivity contribution in [1.82, 2.24) is 5.32 Å². The molecule has 0 radical (unpaired) electrons. The number of hydrogen-bond acceptors (Lipinski definition) is 6. The van der Waals surface area contributed by atoms with Crippen LogP contribution in [0.5, 0.6) is 11.5 Å². The third kappa shape index (κ3) is 4.47. The van der Waals surface area contributed by atoms with Crippen molar-refractivity contribution in [1.29, 1.82) is 5.26 Å². The summed E-state index contributed by atoms with van der Waals surface area (Å²) < 4.78 is 16.7. The smallest absolute Gasteiger partial charge is 0.252 e. The van der Waals surface area contributed by atoms with Gasteiger partial charge < -0.3 is 19.5 Å². The Balaban J connectivity index is 1.37. The van der Waals surface area contributed by atoms with Gasteiger partial charge in [-0.2, -0.15) is 5.26 Å². The maximum absolute atomic E-state index is 13.3. The van der Waals surface area contributed by atoms with E-state index < -0.39 is 0 Å². The molecule has 7 heteroatoms. The molecule has 2 heterocycles. The van der Waals surface area contributed by atoms with Crippen molar-refractivity contribution < 1.29 is 19.0 Å². The van der Waals surface area contributed by atoms with Gasteiger partial charge in [0.1, 0.15) is 6.07 Å². The number of fused-ring (bicyclic) bond motifs is 1. The summed E-state index contributed by atoms with van der Waals surface area (Å²) in [6.45, 7) is 2.00. The van der Waals surface area contributed by atoms with Crippen LogP contribution in [0.2, 0.25) is 0 Å². The topological polar surface area (TPSA) is 80.6 Å². The van der Waals surface area contributed by atoms with Gasteiger partial charge in [-0.15, -0.1) is 0 Å². The van der Waals surface area contributed by atoms with Crippen molar-refractivity contribution in [2.75, 3.05) is 26.6 Å². The normalized spacial score (nSPS) is 16.0. The highest BCUT2D eigenvalue weighted by molar-refractivity contribution is 7.99. The molecule has 2 aliphatic rings. The Bertz CT molecular complexity index is 1250. The molecule has 0 aromatic heterocycles. The van der Waals surface area contributed by atoms with Crippen LogP contribution >= 0.6 is 11.8 Å². The zero-order valence-electron chi connectivity index (χ0n) is 18.6. The predicted molar refractivity (Wildman–Crippen MR) is 128 cm³/mol. The Morgan fingerprint density at radius 3 is 2.53 bits per heavy atom. The molecule has 5 rings (SSSR count). The molecule has 0 unspecified atom stereocenters. The highest BCUT2D eigenvalue weighted by Gasteiger charge is 2.36. The second-order valence-corrected chi connectivity index (χ2v) is 9.43. The fourth-order valence-corrected chi connectivity index (χ4v) is 5.43. The lowest BCUT2D eigenvalue weighted by molar-refractivity contribution is 0.0486. The number of benzene rings is 3. The van der Waals surface area contributed by atoms with E-state index in [1.807, 2.05) is 54.6 Å². The molecule has 1 fully saturated rings. The monoisotopic (exact) mass is 472 g/mol. The number of amides is 1. The lowest BCUT2D eigenvalue weighted by Gasteiger charge is -2.38.